The molecule has 6 heteroatoms. The molecule has 0 heterocycles. The molecule has 0 fully saturated rings. The van der Waals surface area contributed by atoms with E-state index in [1.165, 1.54) is 12.8 Å². The van der Waals surface area contributed by atoms with E-state index in [0.717, 1.165) is 24.8 Å². The molecule has 0 aliphatic rings. The van der Waals surface area contributed by atoms with E-state index in [0.29, 0.717) is 12.0 Å². The first-order chi connectivity index (χ1) is 11.0. The second kappa shape index (κ2) is 10.7. The maximum Gasteiger partial charge on any atom is 0.269 e. The van der Waals surface area contributed by atoms with Crippen LogP contribution in [0.4, 0.5) is 0 Å². The summed E-state index contributed by atoms with van der Waals surface area (Å²) in [6.07, 6.45) is 5.87. The number of thiocarbonyl (C=S) groups is 1. The van der Waals surface area contributed by atoms with E-state index in [4.69, 9.17) is 12.2 Å². The molecule has 3 N–H and O–H groups in total. The number of amides is 2. The molecular formula is C17H25N3O2S. The molecule has 1 rings (SSSR count). The maximum absolute atomic E-state index is 12.0. The van der Waals surface area contributed by atoms with E-state index in [9.17, 15) is 9.59 Å². The number of benzene rings is 1. The highest BCUT2D eigenvalue weighted by atomic mass is 32.1. The topological polar surface area (TPSA) is 70.2 Å². The Morgan fingerprint density at radius 1 is 1.04 bits per heavy atom. The van der Waals surface area contributed by atoms with Gasteiger partial charge < -0.3 is 5.32 Å². The second-order valence-corrected chi connectivity index (χ2v) is 5.84. The molecule has 1 aromatic carbocycles. The predicted octanol–water partition coefficient (Wildman–Crippen LogP) is 2.99. The van der Waals surface area contributed by atoms with Gasteiger partial charge in [0.2, 0.25) is 5.91 Å². The Hall–Kier alpha value is -1.95. The van der Waals surface area contributed by atoms with Gasteiger partial charge in [-0.05, 0) is 37.2 Å². The van der Waals surface area contributed by atoms with E-state index in [1.54, 1.807) is 12.1 Å². The standard InChI is InChI=1S/C17H25N3O2S/c1-3-4-5-6-7-12-15(21)18-17(23)20-19-16(22)14-11-9-8-10-13(14)2/h8-11H,3-7,12H2,1-2H3,(H,19,22)(H2,18,20,21,23). The Balaban J connectivity index is 2.25. The van der Waals surface area contributed by atoms with E-state index < -0.39 is 0 Å². The van der Waals surface area contributed by atoms with Crippen LogP contribution in [0.25, 0.3) is 0 Å². The van der Waals surface area contributed by atoms with Gasteiger partial charge in [-0.25, -0.2) is 0 Å². The zero-order valence-electron chi connectivity index (χ0n) is 13.8. The van der Waals surface area contributed by atoms with Crippen LogP contribution in [0.15, 0.2) is 24.3 Å². The summed E-state index contributed by atoms with van der Waals surface area (Å²) in [7, 11) is 0. The van der Waals surface area contributed by atoms with Gasteiger partial charge in [-0.1, -0.05) is 50.8 Å². The van der Waals surface area contributed by atoms with E-state index in [1.807, 2.05) is 19.1 Å². The Labute approximate surface area is 143 Å². The monoisotopic (exact) mass is 335 g/mol. The minimum atomic E-state index is -0.292. The third-order valence-corrected chi connectivity index (χ3v) is 3.64. The fraction of sp³-hybridized carbons (Fsp3) is 0.471. The number of carbonyl (C=O) groups is 2. The Bertz CT molecular complexity index is 546. The quantitative estimate of drug-likeness (QED) is 0.407. The van der Waals surface area contributed by atoms with Gasteiger partial charge in [-0.3, -0.25) is 20.4 Å². The van der Waals surface area contributed by atoms with E-state index in [2.05, 4.69) is 23.1 Å². The first-order valence-electron chi connectivity index (χ1n) is 8.00. The Morgan fingerprint density at radius 3 is 2.43 bits per heavy atom. The molecule has 0 bridgehead atoms. The number of aryl methyl sites for hydroxylation is 1. The lowest BCUT2D eigenvalue weighted by molar-refractivity contribution is -0.119. The zero-order chi connectivity index (χ0) is 17.1. The summed E-state index contributed by atoms with van der Waals surface area (Å²) in [6, 6.07) is 7.24. The van der Waals surface area contributed by atoms with Gasteiger partial charge in [0.1, 0.15) is 0 Å². The van der Waals surface area contributed by atoms with Crippen molar-refractivity contribution in [3.05, 3.63) is 35.4 Å². The number of rotatable bonds is 7. The van der Waals surface area contributed by atoms with Gasteiger partial charge in [0.15, 0.2) is 5.11 Å². The zero-order valence-corrected chi connectivity index (χ0v) is 14.6. The third kappa shape index (κ3) is 7.74. The van der Waals surface area contributed by atoms with Crippen molar-refractivity contribution in [3.63, 3.8) is 0 Å². The first kappa shape index (κ1) is 19.1. The van der Waals surface area contributed by atoms with Crippen molar-refractivity contribution in [3.8, 4) is 0 Å². The highest BCUT2D eigenvalue weighted by Gasteiger charge is 2.09. The molecule has 0 aliphatic heterocycles. The summed E-state index contributed by atoms with van der Waals surface area (Å²) in [5, 5.41) is 2.66. The smallest absolute Gasteiger partial charge is 0.269 e. The van der Waals surface area contributed by atoms with Crippen LogP contribution >= 0.6 is 12.2 Å². The summed E-state index contributed by atoms with van der Waals surface area (Å²) < 4.78 is 0. The van der Waals surface area contributed by atoms with Gasteiger partial charge in [0.25, 0.3) is 5.91 Å². The fourth-order valence-electron chi connectivity index (χ4n) is 2.12. The van der Waals surface area contributed by atoms with Crippen molar-refractivity contribution >= 4 is 29.1 Å². The van der Waals surface area contributed by atoms with Crippen LogP contribution in [-0.4, -0.2) is 16.9 Å². The molecular weight excluding hydrogens is 310 g/mol. The molecule has 0 unspecified atom stereocenters. The summed E-state index contributed by atoms with van der Waals surface area (Å²) in [5.41, 5.74) is 6.46. The molecule has 0 aromatic heterocycles. The molecule has 0 spiro atoms. The normalized spacial score (nSPS) is 10.0. The van der Waals surface area contributed by atoms with Crippen LogP contribution in [0.3, 0.4) is 0 Å². The predicted molar refractivity (Wildman–Crippen MR) is 95.9 cm³/mol. The molecule has 23 heavy (non-hydrogen) atoms. The van der Waals surface area contributed by atoms with Crippen molar-refractivity contribution < 1.29 is 9.59 Å². The Kier molecular flexibility index (Phi) is 8.90. The van der Waals surface area contributed by atoms with E-state index in [-0.39, 0.29) is 16.9 Å². The fourth-order valence-corrected chi connectivity index (χ4v) is 2.28. The largest absolute Gasteiger partial charge is 0.302 e. The number of hydrogen-bond acceptors (Lipinski definition) is 3. The third-order valence-electron chi connectivity index (χ3n) is 3.44. The van der Waals surface area contributed by atoms with Gasteiger partial charge in [-0.2, -0.15) is 0 Å². The lowest BCUT2D eigenvalue weighted by atomic mass is 10.1. The summed E-state index contributed by atoms with van der Waals surface area (Å²) >= 11 is 4.99. The minimum absolute atomic E-state index is 0.102. The van der Waals surface area contributed by atoms with Crippen LogP contribution in [0.2, 0.25) is 0 Å². The molecule has 126 valence electrons. The molecule has 0 atom stereocenters. The van der Waals surface area contributed by atoms with Gasteiger partial charge >= 0.3 is 0 Å². The van der Waals surface area contributed by atoms with Gasteiger partial charge in [0, 0.05) is 12.0 Å². The number of hydrazine groups is 1. The molecule has 5 nitrogen and oxygen atoms in total. The van der Waals surface area contributed by atoms with Gasteiger partial charge in [0.05, 0.1) is 0 Å². The number of nitrogens with one attached hydrogen (secondary N) is 3. The average Bonchev–Trinajstić information content (AvgIpc) is 2.53. The molecule has 1 aromatic rings. The molecule has 0 aliphatic carbocycles. The molecule has 0 saturated heterocycles. The van der Waals surface area contributed by atoms with Crippen molar-refractivity contribution in [2.75, 3.05) is 0 Å². The summed E-state index contributed by atoms with van der Waals surface area (Å²) in [4.78, 5) is 23.7. The van der Waals surface area contributed by atoms with Crippen LogP contribution in [0, 0.1) is 6.92 Å². The van der Waals surface area contributed by atoms with E-state index >= 15 is 0 Å². The van der Waals surface area contributed by atoms with Crippen molar-refractivity contribution in [2.24, 2.45) is 0 Å². The van der Waals surface area contributed by atoms with Crippen LogP contribution in [0.5, 0.6) is 0 Å². The first-order valence-corrected chi connectivity index (χ1v) is 8.41. The minimum Gasteiger partial charge on any atom is -0.302 e. The number of carbonyl (C=O) groups excluding carboxylic acids is 2. The lowest BCUT2D eigenvalue weighted by Gasteiger charge is -2.11. The SMILES string of the molecule is CCCCCCCC(=O)NC(=S)NNC(=O)c1ccccc1C. The lowest BCUT2D eigenvalue weighted by Crippen LogP contribution is -2.48. The number of unbranched alkanes of at least 4 members (excludes halogenated alkanes) is 4. The van der Waals surface area contributed by atoms with Gasteiger partial charge in [-0.15, -0.1) is 0 Å². The van der Waals surface area contributed by atoms with Crippen molar-refractivity contribution in [2.45, 2.75) is 52.4 Å². The summed E-state index contributed by atoms with van der Waals surface area (Å²) in [6.45, 7) is 4.01. The second-order valence-electron chi connectivity index (χ2n) is 5.44. The van der Waals surface area contributed by atoms with Crippen molar-refractivity contribution in [1.82, 2.24) is 16.2 Å². The molecule has 0 radical (unpaired) electrons. The van der Waals surface area contributed by atoms with Crippen LogP contribution < -0.4 is 16.2 Å². The average molecular weight is 335 g/mol. The highest BCUT2D eigenvalue weighted by Crippen LogP contribution is 2.06. The van der Waals surface area contributed by atoms with Crippen LogP contribution in [0.1, 0.15) is 61.4 Å². The highest BCUT2D eigenvalue weighted by molar-refractivity contribution is 7.80. The molecule has 0 saturated carbocycles. The van der Waals surface area contributed by atoms with Crippen molar-refractivity contribution in [1.29, 1.82) is 0 Å². The number of hydrogen-bond donors (Lipinski definition) is 3. The maximum atomic E-state index is 12.0. The Morgan fingerprint density at radius 2 is 1.74 bits per heavy atom. The molecule has 2 amide bonds. The van der Waals surface area contributed by atoms with Crippen LogP contribution in [-0.2, 0) is 4.79 Å². The summed E-state index contributed by atoms with van der Waals surface area (Å²) in [5.74, 6) is -0.427.